The number of morpholine rings is 1. The Bertz CT molecular complexity index is 824. The first-order valence-corrected chi connectivity index (χ1v) is 10.5. The van der Waals surface area contributed by atoms with Crippen LogP contribution in [0, 0.1) is 5.82 Å². The van der Waals surface area contributed by atoms with Gasteiger partial charge in [0.05, 0.1) is 25.1 Å². The van der Waals surface area contributed by atoms with Gasteiger partial charge >= 0.3 is 0 Å². The van der Waals surface area contributed by atoms with E-state index >= 15 is 0 Å². The van der Waals surface area contributed by atoms with Gasteiger partial charge in [-0.25, -0.2) is 14.4 Å². The van der Waals surface area contributed by atoms with Gasteiger partial charge in [-0.1, -0.05) is 0 Å². The lowest BCUT2D eigenvalue weighted by molar-refractivity contribution is 0.122. The third kappa shape index (κ3) is 4.93. The molecule has 2 aromatic heterocycles. The Hall–Kier alpha value is -2.59. The van der Waals surface area contributed by atoms with E-state index < -0.39 is 5.82 Å². The molecule has 4 rings (SSSR count). The monoisotopic (exact) mass is 416 g/mol. The molecule has 0 radical (unpaired) electrons. The summed E-state index contributed by atoms with van der Waals surface area (Å²) in [5.74, 6) is 1.67. The topological polar surface area (TPSA) is 91.3 Å². The fourth-order valence-corrected chi connectivity index (χ4v) is 4.00. The number of anilines is 3. The van der Waals surface area contributed by atoms with Crippen molar-refractivity contribution in [3.8, 4) is 0 Å². The second-order valence-electron chi connectivity index (χ2n) is 7.55. The Morgan fingerprint density at radius 3 is 2.60 bits per heavy atom. The van der Waals surface area contributed by atoms with Crippen LogP contribution >= 0.6 is 0 Å². The summed E-state index contributed by atoms with van der Waals surface area (Å²) in [4.78, 5) is 21.8. The number of nitrogens with one attached hydrogen (secondary N) is 2. The molecule has 9 nitrogen and oxygen atoms in total. The van der Waals surface area contributed by atoms with E-state index in [1.54, 1.807) is 12.4 Å². The molecule has 0 saturated carbocycles. The van der Waals surface area contributed by atoms with Crippen molar-refractivity contribution in [2.75, 3.05) is 75.1 Å². The van der Waals surface area contributed by atoms with Crippen LogP contribution in [0.5, 0.6) is 0 Å². The van der Waals surface area contributed by atoms with Crippen LogP contribution in [0.15, 0.2) is 18.6 Å². The molecule has 0 unspecified atom stereocenters. The van der Waals surface area contributed by atoms with Gasteiger partial charge < -0.3 is 25.2 Å². The van der Waals surface area contributed by atoms with E-state index in [0.29, 0.717) is 31.6 Å². The predicted octanol–water partition coefficient (Wildman–Crippen LogP) is 1.58. The summed E-state index contributed by atoms with van der Waals surface area (Å²) in [6.45, 7) is 6.17. The molecule has 0 aromatic carbocycles. The van der Waals surface area contributed by atoms with Crippen LogP contribution in [0.3, 0.4) is 0 Å². The molecule has 0 amide bonds. The number of piperidine rings is 1. The van der Waals surface area contributed by atoms with Gasteiger partial charge in [-0.15, -0.1) is 0 Å². The van der Waals surface area contributed by atoms with E-state index in [1.165, 1.54) is 6.20 Å². The number of rotatable bonds is 7. The first kappa shape index (κ1) is 20.7. The number of nitrogens with zero attached hydrogens (tertiary/aromatic N) is 6. The van der Waals surface area contributed by atoms with Crippen molar-refractivity contribution in [3.63, 3.8) is 0 Å². The fraction of sp³-hybridized carbons (Fsp3) is 0.600. The molecule has 0 bridgehead atoms. The maximum absolute atomic E-state index is 14.1. The molecule has 2 N–H and O–H groups in total. The molecule has 162 valence electrons. The molecule has 0 spiro atoms. The summed E-state index contributed by atoms with van der Waals surface area (Å²) in [5.41, 5.74) is 1.05. The molecule has 4 heterocycles. The third-order valence-corrected chi connectivity index (χ3v) is 5.68. The molecular weight excluding hydrogens is 387 g/mol. The van der Waals surface area contributed by atoms with Crippen molar-refractivity contribution in [2.45, 2.75) is 18.8 Å². The molecule has 0 aliphatic carbocycles. The van der Waals surface area contributed by atoms with Crippen molar-refractivity contribution in [3.05, 3.63) is 30.1 Å². The minimum absolute atomic E-state index is 0.264. The van der Waals surface area contributed by atoms with Crippen LogP contribution in [-0.4, -0.2) is 84.4 Å². The van der Waals surface area contributed by atoms with E-state index in [1.807, 2.05) is 11.9 Å². The summed E-state index contributed by atoms with van der Waals surface area (Å²) >= 11 is 0. The average molecular weight is 417 g/mol. The van der Waals surface area contributed by atoms with Gasteiger partial charge in [0.25, 0.3) is 0 Å². The standard InChI is InChI=1S/C20H29FN8O/c1-22-19-17(23-4-5-24-19)15-2-7-28(8-3-15)9-6-25-18-16(21)14-26-20(27-18)29-10-12-30-13-11-29/h4-5,14-15H,2-3,6-13H2,1H3,(H,22,24)(H,25,26,27). The molecule has 2 aliphatic rings. The minimum Gasteiger partial charge on any atom is -0.378 e. The Morgan fingerprint density at radius 1 is 1.07 bits per heavy atom. The maximum Gasteiger partial charge on any atom is 0.227 e. The number of halogens is 1. The Balaban J connectivity index is 1.26. The highest BCUT2D eigenvalue weighted by Crippen LogP contribution is 2.29. The largest absolute Gasteiger partial charge is 0.378 e. The van der Waals surface area contributed by atoms with Gasteiger partial charge in [0, 0.05) is 51.5 Å². The highest BCUT2D eigenvalue weighted by Gasteiger charge is 2.24. The molecule has 2 aliphatic heterocycles. The van der Waals surface area contributed by atoms with Crippen LogP contribution in [0.2, 0.25) is 0 Å². The van der Waals surface area contributed by atoms with Crippen LogP contribution in [0.1, 0.15) is 24.5 Å². The lowest BCUT2D eigenvalue weighted by Gasteiger charge is -2.32. The van der Waals surface area contributed by atoms with Crippen molar-refractivity contribution in [1.82, 2.24) is 24.8 Å². The third-order valence-electron chi connectivity index (χ3n) is 5.68. The second kappa shape index (κ2) is 9.94. The summed E-state index contributed by atoms with van der Waals surface area (Å²) < 4.78 is 19.5. The SMILES string of the molecule is CNc1nccnc1C1CCN(CCNc2nc(N3CCOCC3)ncc2F)CC1. The zero-order chi connectivity index (χ0) is 20.8. The Morgan fingerprint density at radius 2 is 1.83 bits per heavy atom. The first-order valence-electron chi connectivity index (χ1n) is 10.5. The van der Waals surface area contributed by atoms with Gasteiger partial charge in [-0.2, -0.15) is 4.98 Å². The lowest BCUT2D eigenvalue weighted by Crippen LogP contribution is -2.38. The van der Waals surface area contributed by atoms with Gasteiger partial charge in [0.2, 0.25) is 5.95 Å². The second-order valence-corrected chi connectivity index (χ2v) is 7.55. The van der Waals surface area contributed by atoms with Crippen molar-refractivity contribution in [2.24, 2.45) is 0 Å². The van der Waals surface area contributed by atoms with Crippen molar-refractivity contribution >= 4 is 17.6 Å². The Labute approximate surface area is 176 Å². The lowest BCUT2D eigenvalue weighted by atomic mass is 9.93. The Kier molecular flexibility index (Phi) is 6.85. The minimum atomic E-state index is -0.423. The van der Waals surface area contributed by atoms with Gasteiger partial charge in [-0.3, -0.25) is 4.98 Å². The fourth-order valence-electron chi connectivity index (χ4n) is 4.00. The molecule has 2 fully saturated rings. The highest BCUT2D eigenvalue weighted by atomic mass is 19.1. The normalized spacial score (nSPS) is 18.4. The van der Waals surface area contributed by atoms with Crippen LogP contribution in [0.25, 0.3) is 0 Å². The van der Waals surface area contributed by atoms with Gasteiger partial charge in [0.15, 0.2) is 11.6 Å². The molecule has 0 atom stereocenters. The first-order chi connectivity index (χ1) is 14.7. The smallest absolute Gasteiger partial charge is 0.227 e. The van der Waals surface area contributed by atoms with E-state index in [4.69, 9.17) is 4.74 Å². The number of aromatic nitrogens is 4. The predicted molar refractivity (Wildman–Crippen MR) is 114 cm³/mol. The summed E-state index contributed by atoms with van der Waals surface area (Å²) in [6.07, 6.45) is 6.79. The highest BCUT2D eigenvalue weighted by molar-refractivity contribution is 5.43. The van der Waals surface area contributed by atoms with Crippen LogP contribution in [-0.2, 0) is 4.74 Å². The molecular formula is C20H29FN8O. The van der Waals surface area contributed by atoms with Crippen LogP contribution < -0.4 is 15.5 Å². The summed E-state index contributed by atoms with van der Waals surface area (Å²) in [7, 11) is 1.88. The molecule has 10 heteroatoms. The number of ether oxygens (including phenoxy) is 1. The quantitative estimate of drug-likeness (QED) is 0.698. The van der Waals surface area contributed by atoms with Gasteiger partial charge in [0.1, 0.15) is 5.82 Å². The van der Waals surface area contributed by atoms with Crippen LogP contribution in [0.4, 0.5) is 22.0 Å². The van der Waals surface area contributed by atoms with E-state index in [0.717, 1.165) is 57.1 Å². The van der Waals surface area contributed by atoms with Gasteiger partial charge in [-0.05, 0) is 25.9 Å². The zero-order valence-electron chi connectivity index (χ0n) is 17.3. The van der Waals surface area contributed by atoms with E-state index in [2.05, 4.69) is 35.5 Å². The number of hydrogen-bond acceptors (Lipinski definition) is 9. The molecule has 2 aromatic rings. The molecule has 2 saturated heterocycles. The summed E-state index contributed by atoms with van der Waals surface area (Å²) in [6, 6.07) is 0. The zero-order valence-corrected chi connectivity index (χ0v) is 17.3. The van der Waals surface area contributed by atoms with Crippen molar-refractivity contribution < 1.29 is 9.13 Å². The number of hydrogen-bond donors (Lipinski definition) is 2. The molecule has 30 heavy (non-hydrogen) atoms. The average Bonchev–Trinajstić information content (AvgIpc) is 2.81. The maximum atomic E-state index is 14.1. The van der Waals surface area contributed by atoms with E-state index in [9.17, 15) is 4.39 Å². The van der Waals surface area contributed by atoms with E-state index in [-0.39, 0.29) is 5.82 Å². The number of likely N-dealkylation sites (tertiary alicyclic amines) is 1. The van der Waals surface area contributed by atoms with Crippen molar-refractivity contribution in [1.29, 1.82) is 0 Å². The summed E-state index contributed by atoms with van der Waals surface area (Å²) in [5, 5.41) is 6.28.